The van der Waals surface area contributed by atoms with Crippen LogP contribution >= 0.6 is 0 Å². The van der Waals surface area contributed by atoms with Gasteiger partial charge >= 0.3 is 0 Å². The number of rotatable bonds is 4. The van der Waals surface area contributed by atoms with Crippen LogP contribution in [-0.4, -0.2) is 85.8 Å². The summed E-state index contributed by atoms with van der Waals surface area (Å²) in [5.74, 6) is 0.118. The minimum atomic E-state index is -0.800. The van der Waals surface area contributed by atoms with Crippen LogP contribution in [0, 0.1) is 11.3 Å². The highest BCUT2D eigenvalue weighted by Crippen LogP contribution is 2.38. The van der Waals surface area contributed by atoms with E-state index in [4.69, 9.17) is 4.74 Å². The summed E-state index contributed by atoms with van der Waals surface area (Å²) in [4.78, 5) is 29.6. The van der Waals surface area contributed by atoms with Crippen LogP contribution in [0.3, 0.4) is 0 Å². The van der Waals surface area contributed by atoms with E-state index in [0.717, 1.165) is 45.5 Å². The molecule has 3 heterocycles. The number of carbonyl (C=O) groups excluding carboxylic acids is 2. The molecule has 0 saturated carbocycles. The molecule has 3 rings (SSSR count). The minimum absolute atomic E-state index is 0.0396. The number of likely N-dealkylation sites (tertiary alicyclic amines) is 2. The Morgan fingerprint density at radius 3 is 2.76 bits per heavy atom. The lowest BCUT2D eigenvalue weighted by atomic mass is 9.71. The van der Waals surface area contributed by atoms with Crippen molar-refractivity contribution >= 4 is 11.8 Å². The average molecular weight is 353 g/mol. The number of piperidine rings is 3. The second kappa shape index (κ2) is 8.01. The molecule has 3 saturated heterocycles. The van der Waals surface area contributed by atoms with Crippen molar-refractivity contribution in [2.24, 2.45) is 11.3 Å². The van der Waals surface area contributed by atoms with Crippen molar-refractivity contribution in [3.63, 3.8) is 0 Å². The Morgan fingerprint density at radius 1 is 1.32 bits per heavy atom. The van der Waals surface area contributed by atoms with Crippen molar-refractivity contribution in [1.82, 2.24) is 15.1 Å². The maximum atomic E-state index is 13.0. The van der Waals surface area contributed by atoms with Crippen LogP contribution in [0.4, 0.5) is 0 Å². The number of amides is 2. The maximum Gasteiger partial charge on any atom is 0.230 e. The van der Waals surface area contributed by atoms with Gasteiger partial charge in [-0.3, -0.25) is 9.59 Å². The molecule has 3 aliphatic rings. The van der Waals surface area contributed by atoms with Gasteiger partial charge in [-0.25, -0.2) is 0 Å². The summed E-state index contributed by atoms with van der Waals surface area (Å²) in [6, 6.07) is 0. The molecule has 0 aromatic carbocycles. The molecular formula is C18H31N3O4. The lowest BCUT2D eigenvalue weighted by Gasteiger charge is -2.47. The zero-order valence-corrected chi connectivity index (χ0v) is 15.2. The topological polar surface area (TPSA) is 82.1 Å². The molecule has 0 unspecified atom stereocenters. The molecule has 0 radical (unpaired) electrons. The quantitative estimate of drug-likeness (QED) is 0.734. The average Bonchev–Trinajstić information content (AvgIpc) is 2.64. The molecule has 7 nitrogen and oxygen atoms in total. The summed E-state index contributed by atoms with van der Waals surface area (Å²) in [5, 5.41) is 13.3. The predicted octanol–water partition coefficient (Wildman–Crippen LogP) is -0.166. The zero-order valence-electron chi connectivity index (χ0n) is 15.2. The van der Waals surface area contributed by atoms with Gasteiger partial charge < -0.3 is 25.0 Å². The van der Waals surface area contributed by atoms with Gasteiger partial charge in [0.25, 0.3) is 0 Å². The molecule has 3 aliphatic heterocycles. The van der Waals surface area contributed by atoms with Gasteiger partial charge in [-0.1, -0.05) is 0 Å². The molecule has 1 spiro atoms. The van der Waals surface area contributed by atoms with Crippen molar-refractivity contribution in [2.75, 3.05) is 53.0 Å². The molecule has 0 aliphatic carbocycles. The molecule has 3 fully saturated rings. The minimum Gasteiger partial charge on any atom is -0.392 e. The number of aliphatic hydroxyl groups is 1. The predicted molar refractivity (Wildman–Crippen MR) is 92.9 cm³/mol. The second-order valence-corrected chi connectivity index (χ2v) is 7.69. The highest BCUT2D eigenvalue weighted by atomic mass is 16.5. The van der Waals surface area contributed by atoms with E-state index in [-0.39, 0.29) is 17.7 Å². The van der Waals surface area contributed by atoms with Gasteiger partial charge in [-0.15, -0.1) is 0 Å². The van der Waals surface area contributed by atoms with Gasteiger partial charge in [0.15, 0.2) is 0 Å². The van der Waals surface area contributed by atoms with Crippen molar-refractivity contribution in [2.45, 2.75) is 38.2 Å². The smallest absolute Gasteiger partial charge is 0.230 e. The Labute approximate surface area is 149 Å². The largest absolute Gasteiger partial charge is 0.392 e. The third-order valence-corrected chi connectivity index (χ3v) is 6.18. The fourth-order valence-corrected chi connectivity index (χ4v) is 4.51. The Kier molecular flexibility index (Phi) is 5.96. The van der Waals surface area contributed by atoms with E-state index in [9.17, 15) is 14.7 Å². The molecule has 0 aromatic heterocycles. The maximum absolute atomic E-state index is 13.0. The first-order chi connectivity index (χ1) is 12.1. The Hall–Kier alpha value is -1.18. The Balaban J connectivity index is 1.58. The molecule has 25 heavy (non-hydrogen) atoms. The van der Waals surface area contributed by atoms with Crippen LogP contribution in [0.25, 0.3) is 0 Å². The zero-order chi connectivity index (χ0) is 17.9. The summed E-state index contributed by atoms with van der Waals surface area (Å²) in [6.07, 6.45) is 3.10. The van der Waals surface area contributed by atoms with Crippen molar-refractivity contribution < 1.29 is 19.4 Å². The fourth-order valence-electron chi connectivity index (χ4n) is 4.51. The summed E-state index contributed by atoms with van der Waals surface area (Å²) in [7, 11) is 1.71. The first kappa shape index (κ1) is 18.6. The Morgan fingerprint density at radius 2 is 2.08 bits per heavy atom. The highest BCUT2D eigenvalue weighted by molar-refractivity contribution is 5.86. The van der Waals surface area contributed by atoms with Gasteiger partial charge in [-0.2, -0.15) is 0 Å². The summed E-state index contributed by atoms with van der Waals surface area (Å²) >= 11 is 0. The molecule has 142 valence electrons. The van der Waals surface area contributed by atoms with Gasteiger partial charge in [0.2, 0.25) is 11.8 Å². The highest BCUT2D eigenvalue weighted by Gasteiger charge is 2.51. The van der Waals surface area contributed by atoms with Gasteiger partial charge in [0, 0.05) is 39.2 Å². The number of carbonyl (C=O) groups is 2. The number of nitrogens with zero attached hydrogens (tertiary/aromatic N) is 2. The number of methoxy groups -OCH3 is 1. The summed E-state index contributed by atoms with van der Waals surface area (Å²) in [6.45, 7) is 5.06. The van der Waals surface area contributed by atoms with Crippen LogP contribution in [-0.2, 0) is 14.3 Å². The van der Waals surface area contributed by atoms with Gasteiger partial charge in [0.1, 0.15) is 0 Å². The van der Waals surface area contributed by atoms with E-state index < -0.39 is 11.5 Å². The summed E-state index contributed by atoms with van der Waals surface area (Å²) in [5.41, 5.74) is -0.800. The molecular weight excluding hydrogens is 322 g/mol. The van der Waals surface area contributed by atoms with E-state index in [2.05, 4.69) is 10.2 Å². The van der Waals surface area contributed by atoms with Crippen molar-refractivity contribution in [3.05, 3.63) is 0 Å². The molecule has 2 N–H and O–H groups in total. The third kappa shape index (κ3) is 3.83. The van der Waals surface area contributed by atoms with E-state index in [1.54, 1.807) is 7.11 Å². The molecule has 0 aromatic rings. The molecule has 2 atom stereocenters. The normalized spacial score (nSPS) is 32.0. The standard InChI is InChI=1S/C18H31N3O4/c1-25-12-11-20-8-3-14(4-9-20)16(23)21-10-5-15(22)18(13-21)6-2-7-19-17(18)24/h14-15,22H,2-13H2,1H3,(H,19,24)/t15-,18-/m1/s1. The fraction of sp³-hybridized carbons (Fsp3) is 0.889. The van der Waals surface area contributed by atoms with E-state index in [1.807, 2.05) is 4.90 Å². The number of hydrogen-bond donors (Lipinski definition) is 2. The van der Waals surface area contributed by atoms with Crippen molar-refractivity contribution in [1.29, 1.82) is 0 Å². The summed E-state index contributed by atoms with van der Waals surface area (Å²) < 4.78 is 5.12. The second-order valence-electron chi connectivity index (χ2n) is 7.69. The number of aliphatic hydroxyl groups excluding tert-OH is 1. The van der Waals surface area contributed by atoms with Crippen LogP contribution in [0.2, 0.25) is 0 Å². The molecule has 7 heteroatoms. The number of hydrogen-bond acceptors (Lipinski definition) is 5. The monoisotopic (exact) mass is 353 g/mol. The molecule has 0 bridgehead atoms. The lowest BCUT2D eigenvalue weighted by Crippen LogP contribution is -2.62. The van der Waals surface area contributed by atoms with E-state index in [0.29, 0.717) is 32.5 Å². The first-order valence-corrected chi connectivity index (χ1v) is 9.53. The van der Waals surface area contributed by atoms with E-state index >= 15 is 0 Å². The van der Waals surface area contributed by atoms with Crippen LogP contribution in [0.1, 0.15) is 32.1 Å². The lowest BCUT2D eigenvalue weighted by molar-refractivity contribution is -0.157. The van der Waals surface area contributed by atoms with Crippen LogP contribution < -0.4 is 5.32 Å². The van der Waals surface area contributed by atoms with Crippen LogP contribution in [0.5, 0.6) is 0 Å². The van der Waals surface area contributed by atoms with Gasteiger partial charge in [0.05, 0.1) is 18.1 Å². The Bertz CT molecular complexity index is 493. The number of nitrogens with one attached hydrogen (secondary N) is 1. The van der Waals surface area contributed by atoms with Gasteiger partial charge in [-0.05, 0) is 45.2 Å². The molecule has 2 amide bonds. The SMILES string of the molecule is COCCN1CCC(C(=O)N2CC[C@@H](O)[C@@]3(CCCNC3=O)C2)CC1. The first-order valence-electron chi connectivity index (χ1n) is 9.53. The van der Waals surface area contributed by atoms with Crippen molar-refractivity contribution in [3.8, 4) is 0 Å². The third-order valence-electron chi connectivity index (χ3n) is 6.18. The number of ether oxygens (including phenoxy) is 1. The van der Waals surface area contributed by atoms with Crippen LogP contribution in [0.15, 0.2) is 0 Å². The van der Waals surface area contributed by atoms with E-state index in [1.165, 1.54) is 0 Å².